The number of aromatic nitrogens is 1. The van der Waals surface area contributed by atoms with Crippen molar-refractivity contribution in [3.05, 3.63) is 30.0 Å². The average molecular weight is 312 g/mol. The van der Waals surface area contributed by atoms with Crippen LogP contribution in [0.1, 0.15) is 32.9 Å². The topological polar surface area (TPSA) is 96.4 Å². The van der Waals surface area contributed by atoms with E-state index in [2.05, 4.69) is 9.71 Å². The molecule has 0 bridgehead atoms. The van der Waals surface area contributed by atoms with Crippen molar-refractivity contribution in [2.75, 3.05) is 10.5 Å². The fraction of sp³-hybridized carbons (Fsp3) is 0.429. The van der Waals surface area contributed by atoms with Gasteiger partial charge >= 0.3 is 5.97 Å². The molecule has 7 heteroatoms. The number of carbonyl (C=O) groups is 1. The number of anilines is 1. The number of carboxylic acids is 1. The molecule has 0 aliphatic carbocycles. The summed E-state index contributed by atoms with van der Waals surface area (Å²) in [5.74, 6) is -0.905. The van der Waals surface area contributed by atoms with Gasteiger partial charge in [-0.1, -0.05) is 26.8 Å². The molecule has 0 aromatic carbocycles. The SMILES string of the molecule is CC(C)(C)CCS(=O)(=O)Nc1cccc(/C=C/C(=O)O)n1. The summed E-state index contributed by atoms with van der Waals surface area (Å²) >= 11 is 0. The van der Waals surface area contributed by atoms with Crippen LogP contribution in [-0.4, -0.2) is 30.2 Å². The fourth-order valence-electron chi connectivity index (χ4n) is 1.41. The zero-order chi connectivity index (χ0) is 16.1. The molecule has 2 N–H and O–H groups in total. The van der Waals surface area contributed by atoms with Crippen LogP contribution in [0.4, 0.5) is 5.82 Å². The van der Waals surface area contributed by atoms with E-state index in [1.54, 1.807) is 12.1 Å². The lowest BCUT2D eigenvalue weighted by Gasteiger charge is -2.18. The van der Waals surface area contributed by atoms with Crippen LogP contribution in [0.5, 0.6) is 0 Å². The maximum absolute atomic E-state index is 12.0. The molecule has 21 heavy (non-hydrogen) atoms. The first-order valence-electron chi connectivity index (χ1n) is 6.46. The monoisotopic (exact) mass is 312 g/mol. The molecule has 0 unspecified atom stereocenters. The van der Waals surface area contributed by atoms with Gasteiger partial charge in [0.15, 0.2) is 0 Å². The molecule has 0 atom stereocenters. The summed E-state index contributed by atoms with van der Waals surface area (Å²) in [5, 5.41) is 8.55. The Hall–Kier alpha value is -1.89. The highest BCUT2D eigenvalue weighted by Gasteiger charge is 2.17. The van der Waals surface area contributed by atoms with Gasteiger partial charge in [0.25, 0.3) is 0 Å². The van der Waals surface area contributed by atoms with Gasteiger partial charge in [-0.05, 0) is 30.0 Å². The number of nitrogens with one attached hydrogen (secondary N) is 1. The molecule has 0 radical (unpaired) electrons. The lowest BCUT2D eigenvalue weighted by Crippen LogP contribution is -2.21. The van der Waals surface area contributed by atoms with Crippen LogP contribution in [0.15, 0.2) is 24.3 Å². The molecule has 1 rings (SSSR count). The molecular formula is C14H20N2O4S. The Balaban J connectivity index is 2.78. The van der Waals surface area contributed by atoms with Crippen LogP contribution in [0.25, 0.3) is 6.08 Å². The third-order valence-corrected chi connectivity index (χ3v) is 3.81. The molecule has 1 heterocycles. The van der Waals surface area contributed by atoms with Gasteiger partial charge in [0.2, 0.25) is 10.0 Å². The van der Waals surface area contributed by atoms with Crippen LogP contribution >= 0.6 is 0 Å². The van der Waals surface area contributed by atoms with Gasteiger partial charge in [-0.2, -0.15) is 0 Å². The summed E-state index contributed by atoms with van der Waals surface area (Å²) in [5.41, 5.74) is 0.294. The summed E-state index contributed by atoms with van der Waals surface area (Å²) in [6.45, 7) is 5.91. The maximum Gasteiger partial charge on any atom is 0.328 e. The van der Waals surface area contributed by atoms with Crippen LogP contribution in [0.2, 0.25) is 0 Å². The Kier molecular flexibility index (Phi) is 5.48. The highest BCUT2D eigenvalue weighted by atomic mass is 32.2. The van der Waals surface area contributed by atoms with Crippen molar-refractivity contribution in [2.24, 2.45) is 5.41 Å². The number of hydrogen-bond donors (Lipinski definition) is 2. The third-order valence-electron chi connectivity index (χ3n) is 2.55. The summed E-state index contributed by atoms with van der Waals surface area (Å²) < 4.78 is 26.3. The number of sulfonamides is 1. The largest absolute Gasteiger partial charge is 0.478 e. The average Bonchev–Trinajstić information content (AvgIpc) is 2.33. The van der Waals surface area contributed by atoms with Gasteiger partial charge in [-0.25, -0.2) is 18.2 Å². The quantitative estimate of drug-likeness (QED) is 0.786. The third kappa shape index (κ3) is 7.45. The van der Waals surface area contributed by atoms with Gasteiger partial charge < -0.3 is 5.11 Å². The minimum absolute atomic E-state index is 0.00731. The molecule has 0 aliphatic heterocycles. The second-order valence-electron chi connectivity index (χ2n) is 5.85. The van der Waals surface area contributed by atoms with E-state index in [0.29, 0.717) is 12.1 Å². The second kappa shape index (κ2) is 6.71. The first kappa shape index (κ1) is 17.2. The lowest BCUT2D eigenvalue weighted by atomic mass is 9.94. The molecule has 1 aromatic heterocycles. The van der Waals surface area contributed by atoms with E-state index in [1.165, 1.54) is 12.1 Å². The minimum Gasteiger partial charge on any atom is -0.478 e. The Labute approximate surface area is 125 Å². The standard InChI is InChI=1S/C14H20N2O4S/c1-14(2,3)9-10-21(19,20)16-12-6-4-5-11(15-12)7-8-13(17)18/h4-8H,9-10H2,1-3H3,(H,15,16)(H,17,18)/b8-7+. The molecule has 0 spiro atoms. The van der Waals surface area contributed by atoms with Gasteiger partial charge in [0.05, 0.1) is 11.4 Å². The first-order chi connectivity index (χ1) is 9.57. The smallest absolute Gasteiger partial charge is 0.328 e. The van der Waals surface area contributed by atoms with Crippen molar-refractivity contribution in [1.82, 2.24) is 4.98 Å². The molecule has 6 nitrogen and oxygen atoms in total. The number of carboxylic acid groups (broad SMARTS) is 1. The molecule has 0 fully saturated rings. The van der Waals surface area contributed by atoms with E-state index >= 15 is 0 Å². The van der Waals surface area contributed by atoms with Crippen LogP contribution in [-0.2, 0) is 14.8 Å². The molecule has 1 aromatic rings. The summed E-state index contributed by atoms with van der Waals surface area (Å²) in [6.07, 6.45) is 2.77. The van der Waals surface area contributed by atoms with Gasteiger partial charge in [0, 0.05) is 6.08 Å². The summed E-state index contributed by atoms with van der Waals surface area (Å²) in [7, 11) is -3.47. The normalized spacial score (nSPS) is 12.5. The van der Waals surface area contributed by atoms with E-state index < -0.39 is 16.0 Å². The van der Waals surface area contributed by atoms with E-state index in [9.17, 15) is 13.2 Å². The van der Waals surface area contributed by atoms with Crippen LogP contribution in [0, 0.1) is 5.41 Å². The molecule has 0 saturated heterocycles. The number of rotatable bonds is 6. The van der Waals surface area contributed by atoms with Gasteiger partial charge in [-0.3, -0.25) is 4.72 Å². The molecule has 116 valence electrons. The van der Waals surface area contributed by atoms with Crippen molar-refractivity contribution < 1.29 is 18.3 Å². The number of pyridine rings is 1. The Morgan fingerprint density at radius 2 is 2.05 bits per heavy atom. The maximum atomic E-state index is 12.0. The van der Waals surface area contributed by atoms with Crippen molar-refractivity contribution in [3.8, 4) is 0 Å². The molecule has 0 aliphatic rings. The van der Waals surface area contributed by atoms with E-state index in [1.807, 2.05) is 20.8 Å². The predicted molar refractivity (Wildman–Crippen MR) is 82.4 cm³/mol. The zero-order valence-corrected chi connectivity index (χ0v) is 13.1. The van der Waals surface area contributed by atoms with Crippen LogP contribution < -0.4 is 4.72 Å². The summed E-state index contributed by atoms with van der Waals surface area (Å²) in [6, 6.07) is 4.72. The van der Waals surface area contributed by atoms with Crippen molar-refractivity contribution in [1.29, 1.82) is 0 Å². The fourth-order valence-corrected chi connectivity index (χ4v) is 2.82. The minimum atomic E-state index is -3.47. The predicted octanol–water partition coefficient (Wildman–Crippen LogP) is 2.36. The second-order valence-corrected chi connectivity index (χ2v) is 7.69. The number of hydrogen-bond acceptors (Lipinski definition) is 4. The van der Waals surface area contributed by atoms with Crippen LogP contribution in [0.3, 0.4) is 0 Å². The number of aliphatic carboxylic acids is 1. The van der Waals surface area contributed by atoms with Gasteiger partial charge in [-0.15, -0.1) is 0 Å². The van der Waals surface area contributed by atoms with E-state index in [0.717, 1.165) is 6.08 Å². The molecule has 0 amide bonds. The highest BCUT2D eigenvalue weighted by Crippen LogP contribution is 2.20. The van der Waals surface area contributed by atoms with Crippen molar-refractivity contribution in [2.45, 2.75) is 27.2 Å². The zero-order valence-electron chi connectivity index (χ0n) is 12.3. The molecule has 0 saturated carbocycles. The van der Waals surface area contributed by atoms with Gasteiger partial charge in [0.1, 0.15) is 5.82 Å². The van der Waals surface area contributed by atoms with E-state index in [-0.39, 0.29) is 17.0 Å². The highest BCUT2D eigenvalue weighted by molar-refractivity contribution is 7.92. The Morgan fingerprint density at radius 3 is 2.62 bits per heavy atom. The summed E-state index contributed by atoms with van der Waals surface area (Å²) in [4.78, 5) is 14.5. The van der Waals surface area contributed by atoms with E-state index in [4.69, 9.17) is 5.11 Å². The molecular weight excluding hydrogens is 292 g/mol. The Morgan fingerprint density at radius 1 is 1.38 bits per heavy atom. The van der Waals surface area contributed by atoms with Crippen molar-refractivity contribution >= 4 is 27.9 Å². The lowest BCUT2D eigenvalue weighted by molar-refractivity contribution is -0.131. The Bertz CT molecular complexity index is 631. The number of nitrogens with zero attached hydrogens (tertiary/aromatic N) is 1. The first-order valence-corrected chi connectivity index (χ1v) is 8.11. The van der Waals surface area contributed by atoms with Crippen molar-refractivity contribution in [3.63, 3.8) is 0 Å².